The van der Waals surface area contributed by atoms with Crippen LogP contribution in [-0.4, -0.2) is 24.2 Å². The van der Waals surface area contributed by atoms with E-state index in [0.717, 1.165) is 38.2 Å². The summed E-state index contributed by atoms with van der Waals surface area (Å²) in [4.78, 5) is 4.26. The number of rotatable bonds is 8. The molecule has 16 heavy (non-hydrogen) atoms. The lowest BCUT2D eigenvalue weighted by molar-refractivity contribution is 0.124. The summed E-state index contributed by atoms with van der Waals surface area (Å²) in [6.07, 6.45) is 5.85. The molecule has 1 rings (SSSR count). The highest BCUT2D eigenvalue weighted by molar-refractivity contribution is 5.04. The molecular weight excluding hydrogens is 200 g/mol. The van der Waals surface area contributed by atoms with Crippen LogP contribution in [0.5, 0.6) is 0 Å². The summed E-state index contributed by atoms with van der Waals surface area (Å²) >= 11 is 0. The van der Waals surface area contributed by atoms with E-state index in [1.165, 1.54) is 6.42 Å². The lowest BCUT2D eigenvalue weighted by Crippen LogP contribution is -2.25. The van der Waals surface area contributed by atoms with Gasteiger partial charge in [0.05, 0.1) is 0 Å². The lowest BCUT2D eigenvalue weighted by atomic mass is 10.1. The molecule has 0 saturated carbocycles. The van der Waals surface area contributed by atoms with Crippen LogP contribution in [0.4, 0.5) is 0 Å². The number of hydrogen-bond donors (Lipinski definition) is 1. The number of aromatic nitrogens is 1. The van der Waals surface area contributed by atoms with Crippen molar-refractivity contribution in [1.82, 2.24) is 4.98 Å². The SMILES string of the molecule is CCCCOCCC(N)Cc1ccccn1. The fraction of sp³-hybridized carbons (Fsp3) is 0.615. The molecule has 3 heteroatoms. The summed E-state index contributed by atoms with van der Waals surface area (Å²) in [5, 5.41) is 0. The highest BCUT2D eigenvalue weighted by Crippen LogP contribution is 2.01. The molecule has 0 aliphatic rings. The maximum absolute atomic E-state index is 6.00. The van der Waals surface area contributed by atoms with E-state index < -0.39 is 0 Å². The monoisotopic (exact) mass is 222 g/mol. The number of nitrogens with zero attached hydrogens (tertiary/aromatic N) is 1. The van der Waals surface area contributed by atoms with Crippen LogP contribution in [0.1, 0.15) is 31.9 Å². The van der Waals surface area contributed by atoms with Gasteiger partial charge in [-0.05, 0) is 25.0 Å². The zero-order valence-electron chi connectivity index (χ0n) is 10.1. The fourth-order valence-electron chi connectivity index (χ4n) is 1.47. The highest BCUT2D eigenvalue weighted by Gasteiger charge is 2.04. The third-order valence-corrected chi connectivity index (χ3v) is 2.47. The molecule has 0 bridgehead atoms. The van der Waals surface area contributed by atoms with Crippen LogP contribution in [0.15, 0.2) is 24.4 Å². The van der Waals surface area contributed by atoms with E-state index in [0.29, 0.717) is 0 Å². The maximum Gasteiger partial charge on any atom is 0.0480 e. The quantitative estimate of drug-likeness (QED) is 0.686. The van der Waals surface area contributed by atoms with Crippen molar-refractivity contribution in [2.75, 3.05) is 13.2 Å². The molecule has 0 aromatic carbocycles. The second-order valence-electron chi connectivity index (χ2n) is 4.04. The molecule has 1 aromatic rings. The average molecular weight is 222 g/mol. The average Bonchev–Trinajstić information content (AvgIpc) is 2.30. The lowest BCUT2D eigenvalue weighted by Gasteiger charge is -2.11. The van der Waals surface area contributed by atoms with E-state index in [1.807, 2.05) is 18.2 Å². The third-order valence-electron chi connectivity index (χ3n) is 2.47. The van der Waals surface area contributed by atoms with E-state index in [2.05, 4.69) is 11.9 Å². The first-order valence-corrected chi connectivity index (χ1v) is 6.06. The number of ether oxygens (including phenoxy) is 1. The maximum atomic E-state index is 6.00. The molecule has 0 aliphatic carbocycles. The van der Waals surface area contributed by atoms with Crippen LogP contribution >= 0.6 is 0 Å². The standard InChI is InChI=1S/C13H22N2O/c1-2-3-9-16-10-7-12(14)11-13-6-4-5-8-15-13/h4-6,8,12H,2-3,7,9-11,14H2,1H3. The van der Waals surface area contributed by atoms with Crippen molar-refractivity contribution in [2.45, 2.75) is 38.6 Å². The van der Waals surface area contributed by atoms with E-state index in [9.17, 15) is 0 Å². The Hall–Kier alpha value is -0.930. The topological polar surface area (TPSA) is 48.1 Å². The zero-order chi connectivity index (χ0) is 11.6. The van der Waals surface area contributed by atoms with Gasteiger partial charge in [0.1, 0.15) is 0 Å². The molecule has 1 aromatic heterocycles. The van der Waals surface area contributed by atoms with E-state index in [4.69, 9.17) is 10.5 Å². The Labute approximate surface area is 98.0 Å². The van der Waals surface area contributed by atoms with Crippen LogP contribution in [-0.2, 0) is 11.2 Å². The smallest absolute Gasteiger partial charge is 0.0480 e. The molecule has 0 fully saturated rings. The summed E-state index contributed by atoms with van der Waals surface area (Å²) in [5.41, 5.74) is 7.06. The van der Waals surface area contributed by atoms with Crippen molar-refractivity contribution in [2.24, 2.45) is 5.73 Å². The predicted octanol–water partition coefficient (Wildman–Crippen LogP) is 2.16. The van der Waals surface area contributed by atoms with Gasteiger partial charge in [0.25, 0.3) is 0 Å². The molecule has 0 aliphatic heterocycles. The summed E-state index contributed by atoms with van der Waals surface area (Å²) < 4.78 is 5.48. The second kappa shape index (κ2) is 8.25. The summed E-state index contributed by atoms with van der Waals surface area (Å²) in [7, 11) is 0. The molecule has 1 heterocycles. The van der Waals surface area contributed by atoms with Crippen LogP contribution in [0.25, 0.3) is 0 Å². The Bertz CT molecular complexity index is 264. The van der Waals surface area contributed by atoms with Gasteiger partial charge in [-0.1, -0.05) is 19.4 Å². The molecule has 0 amide bonds. The zero-order valence-corrected chi connectivity index (χ0v) is 10.1. The van der Waals surface area contributed by atoms with Gasteiger partial charge in [0.15, 0.2) is 0 Å². The van der Waals surface area contributed by atoms with E-state index >= 15 is 0 Å². The van der Waals surface area contributed by atoms with Crippen molar-refractivity contribution in [3.63, 3.8) is 0 Å². The van der Waals surface area contributed by atoms with Gasteiger partial charge in [-0.3, -0.25) is 4.98 Å². The molecule has 90 valence electrons. The number of unbranched alkanes of at least 4 members (excludes halogenated alkanes) is 1. The Morgan fingerprint density at radius 2 is 2.25 bits per heavy atom. The van der Waals surface area contributed by atoms with Crippen molar-refractivity contribution < 1.29 is 4.74 Å². The Kier molecular flexibility index (Phi) is 6.77. The molecule has 2 N–H and O–H groups in total. The molecular formula is C13H22N2O. The number of nitrogens with two attached hydrogens (primary N) is 1. The molecule has 0 radical (unpaired) electrons. The van der Waals surface area contributed by atoms with Gasteiger partial charge >= 0.3 is 0 Å². The first kappa shape index (κ1) is 13.1. The largest absolute Gasteiger partial charge is 0.381 e. The van der Waals surface area contributed by atoms with Crippen molar-refractivity contribution >= 4 is 0 Å². The molecule has 1 unspecified atom stereocenters. The van der Waals surface area contributed by atoms with Crippen LogP contribution in [0.3, 0.4) is 0 Å². The molecule has 0 saturated heterocycles. The summed E-state index contributed by atoms with van der Waals surface area (Å²) in [5.74, 6) is 0. The van der Waals surface area contributed by atoms with Gasteiger partial charge in [0.2, 0.25) is 0 Å². The van der Waals surface area contributed by atoms with Gasteiger partial charge in [-0.15, -0.1) is 0 Å². The van der Waals surface area contributed by atoms with Gasteiger partial charge in [-0.2, -0.15) is 0 Å². The van der Waals surface area contributed by atoms with Crippen LogP contribution in [0.2, 0.25) is 0 Å². The van der Waals surface area contributed by atoms with E-state index in [1.54, 1.807) is 6.20 Å². The Morgan fingerprint density at radius 1 is 1.38 bits per heavy atom. The Balaban J connectivity index is 2.09. The Morgan fingerprint density at radius 3 is 2.94 bits per heavy atom. The van der Waals surface area contributed by atoms with Crippen molar-refractivity contribution in [3.05, 3.63) is 30.1 Å². The first-order chi connectivity index (χ1) is 7.83. The van der Waals surface area contributed by atoms with Crippen LogP contribution < -0.4 is 5.73 Å². The van der Waals surface area contributed by atoms with E-state index in [-0.39, 0.29) is 6.04 Å². The van der Waals surface area contributed by atoms with Crippen molar-refractivity contribution in [3.8, 4) is 0 Å². The van der Waals surface area contributed by atoms with Gasteiger partial charge in [-0.25, -0.2) is 0 Å². The normalized spacial score (nSPS) is 12.6. The van der Waals surface area contributed by atoms with Crippen molar-refractivity contribution in [1.29, 1.82) is 0 Å². The third kappa shape index (κ3) is 5.83. The van der Waals surface area contributed by atoms with Crippen LogP contribution in [0, 0.1) is 0 Å². The summed E-state index contributed by atoms with van der Waals surface area (Å²) in [6.45, 7) is 3.77. The molecule has 0 spiro atoms. The minimum absolute atomic E-state index is 0.150. The second-order valence-corrected chi connectivity index (χ2v) is 4.04. The highest BCUT2D eigenvalue weighted by atomic mass is 16.5. The predicted molar refractivity (Wildman–Crippen MR) is 66.3 cm³/mol. The first-order valence-electron chi connectivity index (χ1n) is 6.06. The number of hydrogen-bond acceptors (Lipinski definition) is 3. The fourth-order valence-corrected chi connectivity index (χ4v) is 1.47. The van der Waals surface area contributed by atoms with Gasteiger partial charge in [0, 0.05) is 37.6 Å². The molecule has 1 atom stereocenters. The number of pyridine rings is 1. The minimum Gasteiger partial charge on any atom is -0.381 e. The summed E-state index contributed by atoms with van der Waals surface area (Å²) in [6, 6.07) is 6.07. The van der Waals surface area contributed by atoms with Gasteiger partial charge < -0.3 is 10.5 Å². The molecule has 3 nitrogen and oxygen atoms in total. The minimum atomic E-state index is 0.150.